The summed E-state index contributed by atoms with van der Waals surface area (Å²) in [7, 11) is 0. The molecule has 0 aromatic heterocycles. The number of rotatable bonds is 10. The number of hydrogen-bond donors (Lipinski definition) is 4. The first-order chi connectivity index (χ1) is 13.1. The number of carboxylic acids is 1. The first-order valence-electron chi connectivity index (χ1n) is 9.09. The molecule has 5 atom stereocenters. The third-order valence-electron chi connectivity index (χ3n) is 4.16. The minimum absolute atomic E-state index is 0.122. The Morgan fingerprint density at radius 2 is 1.71 bits per heavy atom. The van der Waals surface area contributed by atoms with Gasteiger partial charge in [-0.3, -0.25) is 9.59 Å². The van der Waals surface area contributed by atoms with Gasteiger partial charge in [-0.25, -0.2) is 0 Å². The van der Waals surface area contributed by atoms with Crippen LogP contribution in [0.5, 0.6) is 0 Å². The zero-order valence-corrected chi connectivity index (χ0v) is 16.4. The van der Waals surface area contributed by atoms with E-state index < -0.39 is 55.7 Å². The van der Waals surface area contributed by atoms with Gasteiger partial charge >= 0.3 is 11.9 Å². The molecule has 0 unspecified atom stereocenters. The number of carboxylic acid groups (broad SMARTS) is 1. The van der Waals surface area contributed by atoms with Crippen LogP contribution in [-0.2, 0) is 23.8 Å². The van der Waals surface area contributed by atoms with E-state index in [0.29, 0.717) is 0 Å². The van der Waals surface area contributed by atoms with Crippen LogP contribution < -0.4 is 0 Å². The molecule has 160 valence electrons. The van der Waals surface area contributed by atoms with Crippen LogP contribution in [0.3, 0.4) is 0 Å². The predicted octanol–water partition coefficient (Wildman–Crippen LogP) is 0.521. The molecule has 0 saturated carbocycles. The Morgan fingerprint density at radius 3 is 2.32 bits per heavy atom. The Balaban J connectivity index is 2.55. The second-order valence-corrected chi connectivity index (χ2v) is 6.97. The van der Waals surface area contributed by atoms with Gasteiger partial charge in [0, 0.05) is 0 Å². The second-order valence-electron chi connectivity index (χ2n) is 6.97. The van der Waals surface area contributed by atoms with Crippen LogP contribution in [-0.4, -0.2) is 76.3 Å². The van der Waals surface area contributed by atoms with Crippen molar-refractivity contribution in [3.05, 3.63) is 23.3 Å². The lowest BCUT2D eigenvalue weighted by Crippen LogP contribution is -2.59. The summed E-state index contributed by atoms with van der Waals surface area (Å²) in [6.07, 6.45) is -2.08. The van der Waals surface area contributed by atoms with Crippen molar-refractivity contribution in [2.24, 2.45) is 0 Å². The van der Waals surface area contributed by atoms with E-state index in [-0.39, 0.29) is 6.61 Å². The SMILES string of the molecule is CC(C)=CCC/C(C)=C/CO[C@@H]1O[C@H](COC(=O)CC(=O)O)[C@@H](O)[C@H](O)[C@H]1O. The molecular weight excluding hydrogens is 372 g/mol. The third kappa shape index (κ3) is 8.49. The van der Waals surface area contributed by atoms with E-state index >= 15 is 0 Å². The van der Waals surface area contributed by atoms with Crippen LogP contribution in [0, 0.1) is 0 Å². The van der Waals surface area contributed by atoms with Crippen molar-refractivity contribution < 1.29 is 44.2 Å². The van der Waals surface area contributed by atoms with Gasteiger partial charge in [0.2, 0.25) is 0 Å². The Kier molecular flexibility index (Phi) is 10.3. The summed E-state index contributed by atoms with van der Waals surface area (Å²) >= 11 is 0. The van der Waals surface area contributed by atoms with Gasteiger partial charge in [0.05, 0.1) is 6.61 Å². The molecule has 0 bridgehead atoms. The van der Waals surface area contributed by atoms with E-state index in [9.17, 15) is 24.9 Å². The molecule has 1 fully saturated rings. The number of carbonyl (C=O) groups is 2. The second kappa shape index (κ2) is 11.9. The highest BCUT2D eigenvalue weighted by atomic mass is 16.7. The van der Waals surface area contributed by atoms with E-state index in [1.165, 1.54) is 5.57 Å². The number of aliphatic hydroxyl groups excluding tert-OH is 3. The summed E-state index contributed by atoms with van der Waals surface area (Å²) in [5.74, 6) is -2.35. The number of aliphatic carboxylic acids is 1. The standard InChI is InChI=1S/C19H30O9/c1-11(2)5-4-6-12(3)7-8-26-19-18(25)17(24)16(23)13(28-19)10-27-15(22)9-14(20)21/h5,7,13,16-19,23-25H,4,6,8-10H2,1-3H3,(H,20,21)/b12-7+/t13-,16-,17+,18-,19-/m1/s1. The van der Waals surface area contributed by atoms with E-state index in [0.717, 1.165) is 18.4 Å². The van der Waals surface area contributed by atoms with Crippen molar-refractivity contribution >= 4 is 11.9 Å². The van der Waals surface area contributed by atoms with Crippen molar-refractivity contribution in [1.29, 1.82) is 0 Å². The van der Waals surface area contributed by atoms with Gasteiger partial charge in [0.1, 0.15) is 37.4 Å². The van der Waals surface area contributed by atoms with E-state index in [1.807, 2.05) is 26.8 Å². The van der Waals surface area contributed by atoms with Gasteiger partial charge in [0.25, 0.3) is 0 Å². The Hall–Kier alpha value is -1.78. The lowest BCUT2D eigenvalue weighted by molar-refractivity contribution is -0.299. The monoisotopic (exact) mass is 402 g/mol. The van der Waals surface area contributed by atoms with E-state index in [2.05, 4.69) is 6.08 Å². The smallest absolute Gasteiger partial charge is 0.317 e. The van der Waals surface area contributed by atoms with E-state index in [1.54, 1.807) is 0 Å². The molecule has 28 heavy (non-hydrogen) atoms. The first-order valence-corrected chi connectivity index (χ1v) is 9.09. The molecule has 1 aliphatic rings. The van der Waals surface area contributed by atoms with Crippen LogP contribution in [0.2, 0.25) is 0 Å². The quantitative estimate of drug-likeness (QED) is 0.234. The number of esters is 1. The summed E-state index contributed by atoms with van der Waals surface area (Å²) in [4.78, 5) is 21.8. The fraction of sp³-hybridized carbons (Fsp3) is 0.684. The van der Waals surface area contributed by atoms with Gasteiger partial charge in [-0.1, -0.05) is 23.3 Å². The van der Waals surface area contributed by atoms with Gasteiger partial charge < -0.3 is 34.6 Å². The Bertz CT molecular complexity index is 580. The molecule has 1 aliphatic heterocycles. The van der Waals surface area contributed by atoms with Crippen LogP contribution in [0.15, 0.2) is 23.3 Å². The summed E-state index contributed by atoms with van der Waals surface area (Å²) in [6.45, 7) is 5.65. The largest absolute Gasteiger partial charge is 0.481 e. The van der Waals surface area contributed by atoms with Gasteiger partial charge in [-0.05, 0) is 33.6 Å². The maximum atomic E-state index is 11.3. The minimum atomic E-state index is -1.57. The Labute approximate surface area is 164 Å². The van der Waals surface area contributed by atoms with Gasteiger partial charge in [0.15, 0.2) is 6.29 Å². The third-order valence-corrected chi connectivity index (χ3v) is 4.16. The summed E-state index contributed by atoms with van der Waals surface area (Å²) in [5.41, 5.74) is 2.33. The van der Waals surface area contributed by atoms with Crippen molar-refractivity contribution in [2.75, 3.05) is 13.2 Å². The topological polar surface area (TPSA) is 143 Å². The first kappa shape index (κ1) is 24.3. The molecule has 9 heteroatoms. The van der Waals surface area contributed by atoms with Crippen molar-refractivity contribution in [1.82, 2.24) is 0 Å². The zero-order chi connectivity index (χ0) is 21.3. The maximum Gasteiger partial charge on any atom is 0.317 e. The lowest BCUT2D eigenvalue weighted by Gasteiger charge is -2.39. The predicted molar refractivity (Wildman–Crippen MR) is 98.3 cm³/mol. The number of carbonyl (C=O) groups excluding carboxylic acids is 1. The van der Waals surface area contributed by atoms with Crippen molar-refractivity contribution in [2.45, 2.75) is 70.7 Å². The molecule has 1 rings (SSSR count). The van der Waals surface area contributed by atoms with Crippen molar-refractivity contribution in [3.63, 3.8) is 0 Å². The molecule has 0 aliphatic carbocycles. The molecular formula is C19H30O9. The highest BCUT2D eigenvalue weighted by molar-refractivity contribution is 5.90. The molecule has 4 N–H and O–H groups in total. The number of hydrogen-bond acceptors (Lipinski definition) is 8. The fourth-order valence-electron chi connectivity index (χ4n) is 2.52. The fourth-order valence-corrected chi connectivity index (χ4v) is 2.52. The molecule has 1 saturated heterocycles. The zero-order valence-electron chi connectivity index (χ0n) is 16.4. The summed E-state index contributed by atoms with van der Waals surface area (Å²) < 4.78 is 15.6. The molecule has 0 radical (unpaired) electrons. The highest BCUT2D eigenvalue weighted by Crippen LogP contribution is 2.22. The van der Waals surface area contributed by atoms with Gasteiger partial charge in [-0.2, -0.15) is 0 Å². The number of aliphatic hydroxyl groups is 3. The Morgan fingerprint density at radius 1 is 1.04 bits per heavy atom. The van der Waals surface area contributed by atoms with Crippen LogP contribution >= 0.6 is 0 Å². The van der Waals surface area contributed by atoms with Crippen LogP contribution in [0.4, 0.5) is 0 Å². The summed E-state index contributed by atoms with van der Waals surface area (Å²) in [5, 5.41) is 38.5. The average Bonchev–Trinajstić information content (AvgIpc) is 2.59. The summed E-state index contributed by atoms with van der Waals surface area (Å²) in [6, 6.07) is 0. The molecule has 0 aromatic carbocycles. The average molecular weight is 402 g/mol. The lowest BCUT2D eigenvalue weighted by atomic mass is 9.99. The number of ether oxygens (including phenoxy) is 3. The van der Waals surface area contributed by atoms with Crippen LogP contribution in [0.1, 0.15) is 40.0 Å². The van der Waals surface area contributed by atoms with E-state index in [4.69, 9.17) is 19.3 Å². The maximum absolute atomic E-state index is 11.3. The molecule has 0 spiro atoms. The molecule has 0 aromatic rings. The normalized spacial score (nSPS) is 27.9. The number of allylic oxidation sites excluding steroid dienone is 3. The van der Waals surface area contributed by atoms with Gasteiger partial charge in [-0.15, -0.1) is 0 Å². The highest BCUT2D eigenvalue weighted by Gasteiger charge is 2.44. The molecule has 0 amide bonds. The molecule has 9 nitrogen and oxygen atoms in total. The molecule has 1 heterocycles. The van der Waals surface area contributed by atoms with Crippen LogP contribution in [0.25, 0.3) is 0 Å². The van der Waals surface area contributed by atoms with Crippen molar-refractivity contribution in [3.8, 4) is 0 Å². The minimum Gasteiger partial charge on any atom is -0.481 e.